The molecule has 0 aliphatic carbocycles. The third-order valence-corrected chi connectivity index (χ3v) is 7.50. The summed E-state index contributed by atoms with van der Waals surface area (Å²) in [4.78, 5) is 45.4. The van der Waals surface area contributed by atoms with Crippen molar-refractivity contribution in [2.24, 2.45) is 0 Å². The van der Waals surface area contributed by atoms with Gasteiger partial charge in [0.05, 0.1) is 44.7 Å². The molecule has 1 fully saturated rings. The Bertz CT molecular complexity index is 1510. The molecule has 1 atom stereocenters. The summed E-state index contributed by atoms with van der Waals surface area (Å²) in [7, 11) is 3.02. The van der Waals surface area contributed by atoms with Gasteiger partial charge < -0.3 is 24.1 Å². The fraction of sp³-hybridized carbons (Fsp3) is 0.310. The SMILES string of the molecule is CCOC(=O)c1sc(N2C(=O)C(=O)/C(=C(/O)c3ccc(OC)c(C)c3)[C@H]2c2ccc(OCC)c(OC)c2)nc1C. The van der Waals surface area contributed by atoms with Gasteiger partial charge in [-0.05, 0) is 69.2 Å². The van der Waals surface area contributed by atoms with Gasteiger partial charge in [-0.1, -0.05) is 17.4 Å². The van der Waals surface area contributed by atoms with Crippen LogP contribution in [0.15, 0.2) is 42.0 Å². The number of rotatable bonds is 9. The zero-order valence-corrected chi connectivity index (χ0v) is 23.9. The summed E-state index contributed by atoms with van der Waals surface area (Å²) >= 11 is 0.938. The molecule has 1 aromatic heterocycles. The molecular formula is C29H30N2O8S. The molecule has 11 heteroatoms. The number of carbonyl (C=O) groups is 3. The van der Waals surface area contributed by atoms with Crippen LogP contribution in [0.5, 0.6) is 17.2 Å². The number of ketones is 1. The van der Waals surface area contributed by atoms with E-state index in [0.29, 0.717) is 40.7 Å². The third-order valence-electron chi connectivity index (χ3n) is 6.37. The summed E-state index contributed by atoms with van der Waals surface area (Å²) in [6, 6.07) is 8.88. The van der Waals surface area contributed by atoms with Crippen LogP contribution in [0.4, 0.5) is 5.13 Å². The van der Waals surface area contributed by atoms with Crippen molar-refractivity contribution in [1.82, 2.24) is 4.98 Å². The molecule has 1 aliphatic rings. The van der Waals surface area contributed by atoms with E-state index in [2.05, 4.69) is 4.98 Å². The first-order valence-electron chi connectivity index (χ1n) is 12.6. The topological polar surface area (TPSA) is 124 Å². The highest BCUT2D eigenvalue weighted by molar-refractivity contribution is 7.17. The highest BCUT2D eigenvalue weighted by atomic mass is 32.1. The number of nitrogens with zero attached hydrogens (tertiary/aromatic N) is 2. The molecule has 0 bridgehead atoms. The normalized spacial score (nSPS) is 16.2. The van der Waals surface area contributed by atoms with Crippen molar-refractivity contribution >= 4 is 39.9 Å². The summed E-state index contributed by atoms with van der Waals surface area (Å²) in [6.45, 7) is 7.53. The molecule has 40 heavy (non-hydrogen) atoms. The molecule has 0 unspecified atom stereocenters. The van der Waals surface area contributed by atoms with Crippen LogP contribution in [0.2, 0.25) is 0 Å². The first kappa shape index (κ1) is 28.6. The van der Waals surface area contributed by atoms with Crippen LogP contribution in [0.3, 0.4) is 0 Å². The predicted molar refractivity (Wildman–Crippen MR) is 149 cm³/mol. The van der Waals surface area contributed by atoms with Gasteiger partial charge in [0.2, 0.25) is 0 Å². The second kappa shape index (κ2) is 11.8. The second-order valence-electron chi connectivity index (χ2n) is 8.83. The van der Waals surface area contributed by atoms with Gasteiger partial charge in [0.1, 0.15) is 16.4 Å². The van der Waals surface area contributed by atoms with Crippen molar-refractivity contribution in [2.75, 3.05) is 32.3 Å². The van der Waals surface area contributed by atoms with Gasteiger partial charge in [-0.15, -0.1) is 0 Å². The Morgan fingerprint density at radius 1 is 1.00 bits per heavy atom. The van der Waals surface area contributed by atoms with Crippen LogP contribution in [0.25, 0.3) is 5.76 Å². The van der Waals surface area contributed by atoms with E-state index in [1.165, 1.54) is 19.1 Å². The smallest absolute Gasteiger partial charge is 0.350 e. The van der Waals surface area contributed by atoms with Crippen molar-refractivity contribution < 1.29 is 38.4 Å². The molecule has 1 amide bonds. The standard InChI is InChI=1S/C29H30N2O8S/c1-7-38-20-12-9-17(14-21(20)37-6)23-22(24(32)18-10-11-19(36-5)15(3)13-18)25(33)27(34)31(23)29-30-16(4)26(40-29)28(35)39-8-2/h9-14,23,32H,7-8H2,1-6H3/b24-22+/t23-/m1/s1. The number of carbonyl (C=O) groups excluding carboxylic acids is 3. The monoisotopic (exact) mass is 566 g/mol. The van der Waals surface area contributed by atoms with E-state index in [1.807, 2.05) is 6.92 Å². The molecule has 2 heterocycles. The number of aromatic nitrogens is 1. The number of ether oxygens (including phenoxy) is 4. The van der Waals surface area contributed by atoms with Gasteiger partial charge in [-0.25, -0.2) is 9.78 Å². The minimum absolute atomic E-state index is 0.116. The molecule has 10 nitrogen and oxygen atoms in total. The lowest BCUT2D eigenvalue weighted by atomic mass is 9.94. The number of esters is 1. The number of hydrogen-bond acceptors (Lipinski definition) is 10. The number of Topliss-reactive ketones (excluding diaryl/α,β-unsaturated/α-hetero) is 1. The number of benzene rings is 2. The van der Waals surface area contributed by atoms with E-state index < -0.39 is 23.7 Å². The number of amides is 1. The van der Waals surface area contributed by atoms with Crippen molar-refractivity contribution in [3.8, 4) is 17.2 Å². The lowest BCUT2D eigenvalue weighted by molar-refractivity contribution is -0.132. The first-order valence-corrected chi connectivity index (χ1v) is 13.4. The fourth-order valence-electron chi connectivity index (χ4n) is 4.53. The van der Waals surface area contributed by atoms with E-state index in [9.17, 15) is 19.5 Å². The van der Waals surface area contributed by atoms with Gasteiger partial charge >= 0.3 is 11.9 Å². The van der Waals surface area contributed by atoms with E-state index in [1.54, 1.807) is 57.2 Å². The number of aliphatic hydroxyl groups is 1. The maximum atomic E-state index is 13.5. The van der Waals surface area contributed by atoms with Gasteiger partial charge in [-0.2, -0.15) is 0 Å². The molecule has 0 saturated carbocycles. The zero-order chi connectivity index (χ0) is 29.1. The molecule has 210 valence electrons. The van der Waals surface area contributed by atoms with Crippen LogP contribution >= 0.6 is 11.3 Å². The Morgan fingerprint density at radius 2 is 1.70 bits per heavy atom. The molecule has 4 rings (SSSR count). The fourth-order valence-corrected chi connectivity index (χ4v) is 5.51. The lowest BCUT2D eigenvalue weighted by Gasteiger charge is -2.24. The predicted octanol–water partition coefficient (Wildman–Crippen LogP) is 4.98. The van der Waals surface area contributed by atoms with Crippen LogP contribution in [0.1, 0.15) is 51.9 Å². The highest BCUT2D eigenvalue weighted by Gasteiger charge is 2.48. The molecule has 1 saturated heterocycles. The van der Waals surface area contributed by atoms with Crippen molar-refractivity contribution in [2.45, 2.75) is 33.7 Å². The van der Waals surface area contributed by atoms with Crippen molar-refractivity contribution in [3.05, 3.63) is 69.2 Å². The summed E-state index contributed by atoms with van der Waals surface area (Å²) in [6.07, 6.45) is 0. The molecule has 2 aromatic carbocycles. The van der Waals surface area contributed by atoms with E-state index in [0.717, 1.165) is 16.9 Å². The number of anilines is 1. The number of aliphatic hydroxyl groups excluding tert-OH is 1. The summed E-state index contributed by atoms with van der Waals surface area (Å²) in [5, 5.41) is 11.6. The Morgan fingerprint density at radius 3 is 2.33 bits per heavy atom. The molecule has 1 N–H and O–H groups in total. The van der Waals surface area contributed by atoms with Crippen LogP contribution < -0.4 is 19.1 Å². The van der Waals surface area contributed by atoms with Gasteiger partial charge in [-0.3, -0.25) is 14.5 Å². The summed E-state index contributed by atoms with van der Waals surface area (Å²) in [5.74, 6) is -1.26. The number of thiazole rings is 1. The number of hydrogen-bond donors (Lipinski definition) is 1. The van der Waals surface area contributed by atoms with Gasteiger partial charge in [0, 0.05) is 5.56 Å². The van der Waals surface area contributed by atoms with Gasteiger partial charge in [0.25, 0.3) is 5.78 Å². The molecule has 0 spiro atoms. The number of methoxy groups -OCH3 is 2. The van der Waals surface area contributed by atoms with E-state index in [4.69, 9.17) is 18.9 Å². The first-order chi connectivity index (χ1) is 19.2. The average Bonchev–Trinajstić information content (AvgIpc) is 3.45. The summed E-state index contributed by atoms with van der Waals surface area (Å²) in [5.41, 5.74) is 1.76. The number of aryl methyl sites for hydroxylation is 2. The minimum Gasteiger partial charge on any atom is -0.507 e. The Balaban J connectivity index is 1.95. The maximum Gasteiger partial charge on any atom is 0.350 e. The molecule has 0 radical (unpaired) electrons. The van der Waals surface area contributed by atoms with Crippen molar-refractivity contribution in [3.63, 3.8) is 0 Å². The van der Waals surface area contributed by atoms with Crippen molar-refractivity contribution in [1.29, 1.82) is 0 Å². The van der Waals surface area contributed by atoms with Gasteiger partial charge in [0.15, 0.2) is 16.6 Å². The van der Waals surface area contributed by atoms with Crippen LogP contribution in [-0.2, 0) is 14.3 Å². The molecular weight excluding hydrogens is 536 g/mol. The third kappa shape index (κ3) is 5.12. The molecule has 3 aromatic rings. The molecule has 1 aliphatic heterocycles. The average molecular weight is 567 g/mol. The minimum atomic E-state index is -1.08. The quantitative estimate of drug-likeness (QED) is 0.165. The van der Waals surface area contributed by atoms with E-state index >= 15 is 0 Å². The van der Waals surface area contributed by atoms with Crippen LogP contribution in [-0.4, -0.2) is 55.2 Å². The maximum absolute atomic E-state index is 13.5. The van der Waals surface area contributed by atoms with E-state index in [-0.39, 0.29) is 27.9 Å². The highest BCUT2D eigenvalue weighted by Crippen LogP contribution is 2.45. The lowest BCUT2D eigenvalue weighted by Crippen LogP contribution is -2.29. The Hall–Kier alpha value is -4.38. The Kier molecular flexibility index (Phi) is 8.43. The summed E-state index contributed by atoms with van der Waals surface area (Å²) < 4.78 is 21.6. The zero-order valence-electron chi connectivity index (χ0n) is 23.1. The largest absolute Gasteiger partial charge is 0.507 e. The Labute approximate surface area is 235 Å². The second-order valence-corrected chi connectivity index (χ2v) is 9.81. The van der Waals surface area contributed by atoms with Crippen LogP contribution in [0, 0.1) is 13.8 Å².